The average molecular weight is 260 g/mol. The third-order valence-corrected chi connectivity index (χ3v) is 2.53. The van der Waals surface area contributed by atoms with E-state index in [1.807, 2.05) is 13.0 Å². The van der Waals surface area contributed by atoms with Gasteiger partial charge in [-0.15, -0.1) is 0 Å². The van der Waals surface area contributed by atoms with Crippen LogP contribution in [0.5, 0.6) is 0 Å². The molecule has 0 aliphatic rings. The molecule has 0 radical (unpaired) electrons. The van der Waals surface area contributed by atoms with Gasteiger partial charge in [0.05, 0.1) is 18.8 Å². The highest BCUT2D eigenvalue weighted by molar-refractivity contribution is 5.92. The van der Waals surface area contributed by atoms with Gasteiger partial charge in [-0.05, 0) is 25.0 Å². The summed E-state index contributed by atoms with van der Waals surface area (Å²) in [5, 5.41) is 4.14. The normalized spacial score (nSPS) is 10.4. The summed E-state index contributed by atoms with van der Waals surface area (Å²) in [7, 11) is 0. The Hall–Kier alpha value is -2.37. The monoisotopic (exact) mass is 260 g/mol. The highest BCUT2D eigenvalue weighted by Gasteiger charge is 2.15. The number of ether oxygens (including phenoxy) is 1. The lowest BCUT2D eigenvalue weighted by Crippen LogP contribution is -2.09. The number of nitrogen functional groups attached to an aromatic ring is 1. The number of carbonyl (C=O) groups is 1. The van der Waals surface area contributed by atoms with Crippen molar-refractivity contribution in [1.82, 2.24) is 14.8 Å². The Morgan fingerprint density at radius 2 is 2.26 bits per heavy atom. The molecule has 0 amide bonds. The molecule has 2 rings (SSSR count). The molecule has 2 aromatic rings. The van der Waals surface area contributed by atoms with E-state index in [0.29, 0.717) is 18.8 Å². The number of nitrogens with zero attached hydrogens (tertiary/aromatic N) is 3. The highest BCUT2D eigenvalue weighted by Crippen LogP contribution is 2.12. The Morgan fingerprint density at radius 3 is 2.95 bits per heavy atom. The molecule has 0 saturated heterocycles. The second kappa shape index (κ2) is 5.51. The van der Waals surface area contributed by atoms with E-state index in [4.69, 9.17) is 10.5 Å². The second-order valence-corrected chi connectivity index (χ2v) is 4.22. The van der Waals surface area contributed by atoms with E-state index in [2.05, 4.69) is 10.1 Å². The maximum atomic E-state index is 11.6. The molecule has 0 bridgehead atoms. The molecule has 2 heterocycles. The topological polar surface area (TPSA) is 83.0 Å². The third-order valence-electron chi connectivity index (χ3n) is 2.53. The molecule has 6 nitrogen and oxygen atoms in total. The van der Waals surface area contributed by atoms with E-state index in [0.717, 1.165) is 11.1 Å². The molecule has 6 heteroatoms. The summed E-state index contributed by atoms with van der Waals surface area (Å²) in [6, 6.07) is 2.01. The molecular weight excluding hydrogens is 244 g/mol. The van der Waals surface area contributed by atoms with Crippen molar-refractivity contribution in [2.75, 3.05) is 12.3 Å². The van der Waals surface area contributed by atoms with Crippen molar-refractivity contribution in [1.29, 1.82) is 0 Å². The first-order valence-electron chi connectivity index (χ1n) is 6.00. The van der Waals surface area contributed by atoms with Gasteiger partial charge in [-0.1, -0.05) is 6.07 Å². The van der Waals surface area contributed by atoms with Gasteiger partial charge in [-0.2, -0.15) is 5.10 Å². The Morgan fingerprint density at radius 1 is 1.47 bits per heavy atom. The first-order valence-corrected chi connectivity index (χ1v) is 6.00. The molecular formula is C13H16N4O2. The standard InChI is InChI=1S/C13H16N4O2/c1-3-19-13(18)12-11(14)8-17(16-12)7-10-4-9(2)5-15-6-10/h4-6,8H,3,7,14H2,1-2H3. The van der Waals surface area contributed by atoms with Crippen molar-refractivity contribution in [3.05, 3.63) is 41.5 Å². The fraction of sp³-hybridized carbons (Fsp3) is 0.308. The van der Waals surface area contributed by atoms with E-state index in [9.17, 15) is 4.79 Å². The molecule has 2 N–H and O–H groups in total. The molecule has 0 fully saturated rings. The zero-order valence-electron chi connectivity index (χ0n) is 11.0. The van der Waals surface area contributed by atoms with Crippen LogP contribution in [0.1, 0.15) is 28.5 Å². The quantitative estimate of drug-likeness (QED) is 0.840. The molecule has 0 unspecified atom stereocenters. The molecule has 19 heavy (non-hydrogen) atoms. The van der Waals surface area contributed by atoms with Gasteiger partial charge in [-0.25, -0.2) is 4.79 Å². The molecule has 0 saturated carbocycles. The zero-order valence-corrected chi connectivity index (χ0v) is 11.0. The number of hydrogen-bond donors (Lipinski definition) is 1. The fourth-order valence-corrected chi connectivity index (χ4v) is 1.77. The SMILES string of the molecule is CCOC(=O)c1nn(Cc2cncc(C)c2)cc1N. The molecule has 0 atom stereocenters. The van der Waals surface area contributed by atoms with Crippen LogP contribution in [0.3, 0.4) is 0 Å². The minimum atomic E-state index is -0.499. The van der Waals surface area contributed by atoms with Crippen molar-refractivity contribution in [3.63, 3.8) is 0 Å². The van der Waals surface area contributed by atoms with Crippen LogP contribution in [-0.4, -0.2) is 27.3 Å². The van der Waals surface area contributed by atoms with Crippen LogP contribution >= 0.6 is 0 Å². The Bertz CT molecular complexity index is 592. The Balaban J connectivity index is 2.18. The van der Waals surface area contributed by atoms with Crippen molar-refractivity contribution < 1.29 is 9.53 Å². The van der Waals surface area contributed by atoms with Crippen molar-refractivity contribution in [2.24, 2.45) is 0 Å². The molecule has 100 valence electrons. The predicted molar refractivity (Wildman–Crippen MR) is 70.7 cm³/mol. The number of aromatic nitrogens is 3. The maximum absolute atomic E-state index is 11.6. The summed E-state index contributed by atoms with van der Waals surface area (Å²) in [5.74, 6) is -0.499. The largest absolute Gasteiger partial charge is 0.461 e. The molecule has 0 aromatic carbocycles. The van der Waals surface area contributed by atoms with Crippen LogP contribution in [0.2, 0.25) is 0 Å². The summed E-state index contributed by atoms with van der Waals surface area (Å²) < 4.78 is 6.49. The van der Waals surface area contributed by atoms with Crippen LogP contribution in [0, 0.1) is 6.92 Å². The lowest BCUT2D eigenvalue weighted by Gasteiger charge is -2.02. The maximum Gasteiger partial charge on any atom is 0.361 e. The Labute approximate surface area is 111 Å². The van der Waals surface area contributed by atoms with Gasteiger partial charge in [0.25, 0.3) is 0 Å². The number of aryl methyl sites for hydroxylation is 1. The van der Waals surface area contributed by atoms with E-state index < -0.39 is 5.97 Å². The van der Waals surface area contributed by atoms with Gasteiger partial charge in [0.2, 0.25) is 0 Å². The van der Waals surface area contributed by atoms with Gasteiger partial charge in [-0.3, -0.25) is 9.67 Å². The summed E-state index contributed by atoms with van der Waals surface area (Å²) in [4.78, 5) is 15.7. The van der Waals surface area contributed by atoms with Crippen molar-refractivity contribution in [2.45, 2.75) is 20.4 Å². The summed E-state index contributed by atoms with van der Waals surface area (Å²) in [5.41, 5.74) is 8.30. The highest BCUT2D eigenvalue weighted by atomic mass is 16.5. The predicted octanol–water partition coefficient (Wildman–Crippen LogP) is 1.39. The zero-order chi connectivity index (χ0) is 13.8. The number of esters is 1. The Kier molecular flexibility index (Phi) is 3.79. The molecule has 0 aliphatic heterocycles. The number of carbonyl (C=O) groups excluding carboxylic acids is 1. The second-order valence-electron chi connectivity index (χ2n) is 4.22. The van der Waals surface area contributed by atoms with Gasteiger partial charge in [0.1, 0.15) is 0 Å². The average Bonchev–Trinajstić information content (AvgIpc) is 2.70. The van der Waals surface area contributed by atoms with Crippen LogP contribution in [0.4, 0.5) is 5.69 Å². The summed E-state index contributed by atoms with van der Waals surface area (Å²) >= 11 is 0. The third kappa shape index (κ3) is 3.09. The van der Waals surface area contributed by atoms with Crippen LogP contribution in [0.15, 0.2) is 24.7 Å². The van der Waals surface area contributed by atoms with Gasteiger partial charge in [0.15, 0.2) is 5.69 Å². The van der Waals surface area contributed by atoms with E-state index >= 15 is 0 Å². The van der Waals surface area contributed by atoms with Crippen molar-refractivity contribution >= 4 is 11.7 Å². The van der Waals surface area contributed by atoms with Gasteiger partial charge in [0, 0.05) is 18.6 Å². The van der Waals surface area contributed by atoms with E-state index in [1.54, 1.807) is 30.2 Å². The molecule has 0 aliphatic carbocycles. The van der Waals surface area contributed by atoms with Crippen molar-refractivity contribution in [3.8, 4) is 0 Å². The number of hydrogen-bond acceptors (Lipinski definition) is 5. The van der Waals surface area contributed by atoms with Crippen LogP contribution < -0.4 is 5.73 Å². The van der Waals surface area contributed by atoms with Crippen LogP contribution in [0.25, 0.3) is 0 Å². The minimum Gasteiger partial charge on any atom is -0.461 e. The van der Waals surface area contributed by atoms with Gasteiger partial charge >= 0.3 is 5.97 Å². The minimum absolute atomic E-state index is 0.155. The smallest absolute Gasteiger partial charge is 0.361 e. The number of rotatable bonds is 4. The first-order chi connectivity index (χ1) is 9.10. The lowest BCUT2D eigenvalue weighted by atomic mass is 10.2. The number of pyridine rings is 1. The number of nitrogens with two attached hydrogens (primary N) is 1. The summed E-state index contributed by atoms with van der Waals surface area (Å²) in [6.07, 6.45) is 5.16. The van der Waals surface area contributed by atoms with Gasteiger partial charge < -0.3 is 10.5 Å². The number of anilines is 1. The molecule has 2 aromatic heterocycles. The summed E-state index contributed by atoms with van der Waals surface area (Å²) in [6.45, 7) is 4.52. The lowest BCUT2D eigenvalue weighted by molar-refractivity contribution is 0.0519. The van der Waals surface area contributed by atoms with E-state index in [1.165, 1.54) is 0 Å². The first kappa shape index (κ1) is 13.1. The fourth-order valence-electron chi connectivity index (χ4n) is 1.77. The molecule has 0 spiro atoms. The van der Waals surface area contributed by atoms with E-state index in [-0.39, 0.29) is 5.69 Å². The van der Waals surface area contributed by atoms with Crippen LogP contribution in [-0.2, 0) is 11.3 Å².